The maximum atomic E-state index is 13.3. The Morgan fingerprint density at radius 3 is 1.93 bits per heavy atom. The quantitative estimate of drug-likeness (QED) is 0.167. The summed E-state index contributed by atoms with van der Waals surface area (Å²) >= 11 is 0. The fourth-order valence-corrected chi connectivity index (χ4v) is 5.00. The van der Waals surface area contributed by atoms with Crippen molar-refractivity contribution < 1.29 is 62.2 Å². The van der Waals surface area contributed by atoms with Gasteiger partial charge in [-0.2, -0.15) is 49.2 Å². The molecule has 1 atom stereocenters. The number of rotatable bonds is 15. The van der Waals surface area contributed by atoms with E-state index in [2.05, 4.69) is 5.32 Å². The van der Waals surface area contributed by atoms with Gasteiger partial charge in [0, 0.05) is 12.1 Å². The molecule has 0 aromatic heterocycles. The van der Waals surface area contributed by atoms with Crippen LogP contribution in [0.3, 0.4) is 0 Å². The zero-order valence-corrected chi connectivity index (χ0v) is 22.4. The fourth-order valence-electron chi connectivity index (χ4n) is 3.58. The van der Waals surface area contributed by atoms with Gasteiger partial charge in [0.05, 0.1) is 28.7 Å². The Hall–Kier alpha value is -2.61. The van der Waals surface area contributed by atoms with Gasteiger partial charge in [0.15, 0.2) is 9.84 Å². The van der Waals surface area contributed by atoms with E-state index in [0.29, 0.717) is 25.3 Å². The molecule has 1 aromatic rings. The van der Waals surface area contributed by atoms with Gasteiger partial charge in [-0.1, -0.05) is 32.1 Å². The lowest BCUT2D eigenvalue weighted by Gasteiger charge is -2.28. The van der Waals surface area contributed by atoms with Gasteiger partial charge in [-0.15, -0.1) is 0 Å². The summed E-state index contributed by atoms with van der Waals surface area (Å²) < 4.78 is 152. The number of anilines is 1. The minimum Gasteiger partial charge on any atom is -0.380 e. The van der Waals surface area contributed by atoms with Crippen molar-refractivity contribution in [3.05, 3.63) is 29.3 Å². The summed E-state index contributed by atoms with van der Waals surface area (Å²) in [5.41, 5.74) is -4.15. The van der Waals surface area contributed by atoms with Crippen molar-refractivity contribution in [1.82, 2.24) is 0 Å². The molecule has 0 bridgehead atoms. The second kappa shape index (κ2) is 13.6. The number of carbonyl (C=O) groups excluding carboxylic acids is 1. The van der Waals surface area contributed by atoms with Gasteiger partial charge in [-0.3, -0.25) is 4.79 Å². The zero-order chi connectivity index (χ0) is 31.9. The molecule has 0 saturated heterocycles. The molecule has 1 amide bonds. The van der Waals surface area contributed by atoms with Crippen LogP contribution in [0.4, 0.5) is 49.6 Å². The highest BCUT2D eigenvalue weighted by Gasteiger charge is 2.72. The van der Waals surface area contributed by atoms with Gasteiger partial charge in [-0.25, -0.2) is 8.42 Å². The Bertz CT molecular complexity index is 1190. The molecule has 6 nitrogen and oxygen atoms in total. The van der Waals surface area contributed by atoms with Crippen molar-refractivity contribution in [2.45, 2.75) is 88.1 Å². The third-order valence-corrected chi connectivity index (χ3v) is 7.84. The highest BCUT2D eigenvalue weighted by atomic mass is 32.2. The maximum Gasteiger partial charge on any atom is 0.459 e. The Balaban J connectivity index is 2.42. The van der Waals surface area contributed by atoms with Gasteiger partial charge in [0.1, 0.15) is 5.60 Å². The number of nitrogens with zero attached hydrogens (tertiary/aromatic N) is 1. The molecule has 2 N–H and O–H groups in total. The predicted octanol–water partition coefficient (Wildman–Crippen LogP) is 6.64. The summed E-state index contributed by atoms with van der Waals surface area (Å²) in [6.45, 7) is 1.15. The number of nitriles is 1. The number of sulfone groups is 1. The number of unbranched alkanes of at least 4 members (excludes halogenated alkanes) is 5. The first-order valence-electron chi connectivity index (χ1n) is 12.1. The first kappa shape index (κ1) is 36.4. The molecule has 0 spiro atoms. The molecule has 17 heteroatoms. The van der Waals surface area contributed by atoms with Crippen LogP contribution in [0, 0.1) is 11.3 Å². The number of amides is 1. The molecule has 1 aromatic carbocycles. The minimum atomic E-state index is -6.54. The second-order valence-corrected chi connectivity index (χ2v) is 12.0. The van der Waals surface area contributed by atoms with Crippen LogP contribution < -0.4 is 5.32 Å². The van der Waals surface area contributed by atoms with E-state index in [1.807, 2.05) is 0 Å². The largest absolute Gasteiger partial charge is 0.459 e. The molecule has 0 radical (unpaired) electrons. The van der Waals surface area contributed by atoms with Crippen LogP contribution in [-0.4, -0.2) is 54.6 Å². The van der Waals surface area contributed by atoms with Crippen molar-refractivity contribution in [3.8, 4) is 6.07 Å². The maximum absolute atomic E-state index is 13.3. The topological polar surface area (TPSA) is 107 Å². The molecule has 41 heavy (non-hydrogen) atoms. The Labute approximate surface area is 229 Å². The molecular formula is C24H28F10N2O4S. The molecule has 234 valence electrons. The number of halogens is 10. The van der Waals surface area contributed by atoms with Crippen LogP contribution in [-0.2, 0) is 20.8 Å². The number of alkyl halides is 10. The molecule has 0 heterocycles. The summed E-state index contributed by atoms with van der Waals surface area (Å²) in [6, 6.07) is 3.91. The van der Waals surface area contributed by atoms with Crippen LogP contribution in [0.2, 0.25) is 0 Å². The zero-order valence-electron chi connectivity index (χ0n) is 21.6. The highest BCUT2D eigenvalue weighted by Crippen LogP contribution is 2.48. The van der Waals surface area contributed by atoms with Gasteiger partial charge in [0.25, 0.3) is 5.91 Å². The van der Waals surface area contributed by atoms with Crippen LogP contribution in [0.25, 0.3) is 0 Å². The highest BCUT2D eigenvalue weighted by molar-refractivity contribution is 7.91. The Morgan fingerprint density at radius 2 is 1.41 bits per heavy atom. The lowest BCUT2D eigenvalue weighted by atomic mass is 9.96. The number of hydrogen-bond acceptors (Lipinski definition) is 5. The first-order valence-corrected chi connectivity index (χ1v) is 14.0. The third kappa shape index (κ3) is 10.6. The number of benzene rings is 1. The average Bonchev–Trinajstić information content (AvgIpc) is 2.83. The fraction of sp³-hybridized carbons (Fsp3) is 0.667. The van der Waals surface area contributed by atoms with E-state index in [0.717, 1.165) is 19.1 Å². The summed E-state index contributed by atoms with van der Waals surface area (Å²) in [7, 11) is -4.32. The number of carbonyl (C=O) groups is 1. The number of aliphatic hydroxyl groups is 1. The summed E-state index contributed by atoms with van der Waals surface area (Å²) in [6.07, 6.45) is -11.9. The Kier molecular flexibility index (Phi) is 12.1. The summed E-state index contributed by atoms with van der Waals surface area (Å²) in [5, 5.41) is 21.4. The van der Waals surface area contributed by atoms with Gasteiger partial charge >= 0.3 is 24.2 Å². The third-order valence-electron chi connectivity index (χ3n) is 6.10. The van der Waals surface area contributed by atoms with E-state index in [1.54, 1.807) is 0 Å². The predicted molar refractivity (Wildman–Crippen MR) is 127 cm³/mol. The normalized spacial score (nSPS) is 14.8. The van der Waals surface area contributed by atoms with Crippen molar-refractivity contribution >= 4 is 21.4 Å². The van der Waals surface area contributed by atoms with Crippen molar-refractivity contribution in [1.29, 1.82) is 5.26 Å². The molecule has 0 saturated carbocycles. The standard InChI is InChI=1S/C24H28F10N2O4S/c1-20(38,19(37)36-17-9-8-16(15-35)18(14-17)22(27,28)29)10-6-4-2-3-5-7-12-41(39,40)13-11-21(25,26)23(30,31)24(32,33)34/h8-9,14,38H,2-7,10-13H2,1H3,(H,36,37)/t20-/m0/s1. The van der Waals surface area contributed by atoms with Crippen LogP contribution in [0.1, 0.15) is 69.4 Å². The van der Waals surface area contributed by atoms with E-state index in [9.17, 15) is 62.2 Å². The molecule has 1 rings (SSSR count). The Morgan fingerprint density at radius 1 is 0.878 bits per heavy atom. The minimum absolute atomic E-state index is 0.0613. The van der Waals surface area contributed by atoms with E-state index < -0.39 is 74.6 Å². The van der Waals surface area contributed by atoms with Gasteiger partial charge < -0.3 is 10.4 Å². The van der Waals surface area contributed by atoms with E-state index in [1.165, 1.54) is 6.07 Å². The monoisotopic (exact) mass is 630 g/mol. The van der Waals surface area contributed by atoms with Gasteiger partial charge in [-0.05, 0) is 38.0 Å². The number of hydrogen-bond donors (Lipinski definition) is 2. The lowest BCUT2D eigenvalue weighted by molar-refractivity contribution is -0.354. The molecule has 0 aliphatic carbocycles. The van der Waals surface area contributed by atoms with Crippen LogP contribution >= 0.6 is 0 Å². The SMILES string of the molecule is C[C@](O)(CCCCCCCCS(=O)(=O)CCC(F)(F)C(F)(F)C(F)(F)F)C(=O)Nc1ccc(C#N)c(C(F)(F)F)c1. The summed E-state index contributed by atoms with van der Waals surface area (Å²) in [5.74, 6) is -15.2. The first-order chi connectivity index (χ1) is 18.5. The molecule has 0 fully saturated rings. The van der Waals surface area contributed by atoms with Crippen molar-refractivity contribution in [3.63, 3.8) is 0 Å². The second-order valence-electron chi connectivity index (χ2n) is 9.65. The van der Waals surface area contributed by atoms with Crippen molar-refractivity contribution in [2.24, 2.45) is 0 Å². The smallest absolute Gasteiger partial charge is 0.380 e. The van der Waals surface area contributed by atoms with E-state index >= 15 is 0 Å². The van der Waals surface area contributed by atoms with Gasteiger partial charge in [0.2, 0.25) is 0 Å². The molecular weight excluding hydrogens is 602 g/mol. The van der Waals surface area contributed by atoms with Crippen LogP contribution in [0.5, 0.6) is 0 Å². The number of nitrogens with one attached hydrogen (secondary N) is 1. The average molecular weight is 631 g/mol. The van der Waals surface area contributed by atoms with E-state index in [-0.39, 0.29) is 31.4 Å². The lowest BCUT2D eigenvalue weighted by Crippen LogP contribution is -2.52. The van der Waals surface area contributed by atoms with Crippen molar-refractivity contribution in [2.75, 3.05) is 16.8 Å². The molecule has 0 aliphatic rings. The molecule has 0 aliphatic heterocycles. The van der Waals surface area contributed by atoms with E-state index in [4.69, 9.17) is 5.26 Å². The molecule has 0 unspecified atom stereocenters. The summed E-state index contributed by atoms with van der Waals surface area (Å²) in [4.78, 5) is 12.4. The van der Waals surface area contributed by atoms with Crippen LogP contribution in [0.15, 0.2) is 18.2 Å².